The number of ketones is 1. The van der Waals surface area contributed by atoms with Crippen LogP contribution in [0.1, 0.15) is 30.0 Å². The third kappa shape index (κ3) is 4.73. The van der Waals surface area contributed by atoms with Gasteiger partial charge in [-0.3, -0.25) is 9.59 Å². The number of Topliss-reactive ketones (excluding diaryl/α,β-unsaturated/α-hetero) is 1. The van der Waals surface area contributed by atoms with E-state index in [-0.39, 0.29) is 18.1 Å². The summed E-state index contributed by atoms with van der Waals surface area (Å²) in [5, 5.41) is 2.74. The molecule has 0 aromatic heterocycles. The molecule has 0 spiro atoms. The van der Waals surface area contributed by atoms with Crippen LogP contribution in [0.15, 0.2) is 12.1 Å². The molecular formula is C15H21NO3. The normalized spacial score (nSPS) is 10.1. The Morgan fingerprint density at radius 1 is 1.26 bits per heavy atom. The Bertz CT molecular complexity index is 481. The standard InChI is InChI=1S/C15H21NO3/c1-10-7-11(2)15(19-4)13(8-10)5-6-16-14(18)9-12(3)17/h7-8H,5-6,9H2,1-4H3,(H,16,18). The molecule has 4 nitrogen and oxygen atoms in total. The number of carbonyl (C=O) groups excluding carboxylic acids is 2. The molecule has 0 atom stereocenters. The van der Waals surface area contributed by atoms with Gasteiger partial charge in [0.2, 0.25) is 5.91 Å². The van der Waals surface area contributed by atoms with Crippen LogP contribution in [0.2, 0.25) is 0 Å². The monoisotopic (exact) mass is 263 g/mol. The van der Waals surface area contributed by atoms with Crippen molar-refractivity contribution in [3.63, 3.8) is 0 Å². The van der Waals surface area contributed by atoms with E-state index in [1.54, 1.807) is 7.11 Å². The van der Waals surface area contributed by atoms with Crippen LogP contribution in [-0.4, -0.2) is 25.3 Å². The van der Waals surface area contributed by atoms with Gasteiger partial charge in [0.15, 0.2) is 0 Å². The van der Waals surface area contributed by atoms with E-state index in [1.807, 2.05) is 13.8 Å². The maximum Gasteiger partial charge on any atom is 0.227 e. The van der Waals surface area contributed by atoms with Crippen molar-refractivity contribution in [3.05, 3.63) is 28.8 Å². The van der Waals surface area contributed by atoms with Gasteiger partial charge < -0.3 is 10.1 Å². The number of nitrogens with one attached hydrogen (secondary N) is 1. The predicted octanol–water partition coefficient (Wildman–Crippen LogP) is 1.95. The van der Waals surface area contributed by atoms with Crippen molar-refractivity contribution in [1.82, 2.24) is 5.32 Å². The van der Waals surface area contributed by atoms with Crippen LogP contribution >= 0.6 is 0 Å². The molecule has 1 aromatic carbocycles. The minimum Gasteiger partial charge on any atom is -0.496 e. The summed E-state index contributed by atoms with van der Waals surface area (Å²) in [7, 11) is 1.65. The Morgan fingerprint density at radius 2 is 1.95 bits per heavy atom. The molecule has 4 heteroatoms. The Balaban J connectivity index is 2.62. The zero-order valence-corrected chi connectivity index (χ0v) is 12.0. The smallest absolute Gasteiger partial charge is 0.227 e. The SMILES string of the molecule is COc1c(C)cc(C)cc1CCNC(=O)CC(C)=O. The fourth-order valence-corrected chi connectivity index (χ4v) is 2.15. The van der Waals surface area contributed by atoms with E-state index in [2.05, 4.69) is 17.4 Å². The molecule has 0 fully saturated rings. The molecule has 0 saturated carbocycles. The number of carbonyl (C=O) groups is 2. The van der Waals surface area contributed by atoms with E-state index in [0.29, 0.717) is 13.0 Å². The van der Waals surface area contributed by atoms with E-state index >= 15 is 0 Å². The first-order valence-corrected chi connectivity index (χ1v) is 6.34. The number of amides is 1. The second kappa shape index (κ2) is 6.92. The van der Waals surface area contributed by atoms with E-state index in [4.69, 9.17) is 4.74 Å². The Hall–Kier alpha value is -1.84. The first-order valence-electron chi connectivity index (χ1n) is 6.34. The number of benzene rings is 1. The van der Waals surface area contributed by atoms with Gasteiger partial charge in [0.05, 0.1) is 13.5 Å². The van der Waals surface area contributed by atoms with Gasteiger partial charge in [-0.05, 0) is 38.3 Å². The number of methoxy groups -OCH3 is 1. The molecule has 0 unspecified atom stereocenters. The predicted molar refractivity (Wildman–Crippen MR) is 74.5 cm³/mol. The highest BCUT2D eigenvalue weighted by Gasteiger charge is 2.09. The summed E-state index contributed by atoms with van der Waals surface area (Å²) in [6, 6.07) is 4.12. The minimum atomic E-state index is -0.226. The first kappa shape index (κ1) is 15.2. The quantitative estimate of drug-likeness (QED) is 0.798. The number of aryl methyl sites for hydroxylation is 2. The van der Waals surface area contributed by atoms with E-state index in [0.717, 1.165) is 16.9 Å². The maximum atomic E-state index is 11.4. The molecule has 1 N–H and O–H groups in total. The highest BCUT2D eigenvalue weighted by molar-refractivity contribution is 5.96. The fraction of sp³-hybridized carbons (Fsp3) is 0.467. The molecule has 0 aliphatic heterocycles. The largest absolute Gasteiger partial charge is 0.496 e. The number of rotatable bonds is 6. The number of ether oxygens (including phenoxy) is 1. The van der Waals surface area contributed by atoms with Crippen LogP contribution in [0, 0.1) is 13.8 Å². The number of hydrogen-bond donors (Lipinski definition) is 1. The van der Waals surface area contributed by atoms with Crippen molar-refractivity contribution in [1.29, 1.82) is 0 Å². The molecule has 0 heterocycles. The molecule has 0 radical (unpaired) electrons. The fourth-order valence-electron chi connectivity index (χ4n) is 2.15. The highest BCUT2D eigenvalue weighted by atomic mass is 16.5. The summed E-state index contributed by atoms with van der Waals surface area (Å²) in [5.41, 5.74) is 3.33. The van der Waals surface area contributed by atoms with Crippen LogP contribution < -0.4 is 10.1 Å². The topological polar surface area (TPSA) is 55.4 Å². The van der Waals surface area contributed by atoms with Gasteiger partial charge in [-0.1, -0.05) is 17.7 Å². The van der Waals surface area contributed by atoms with E-state index in [9.17, 15) is 9.59 Å². The van der Waals surface area contributed by atoms with Crippen LogP contribution in [0.4, 0.5) is 0 Å². The summed E-state index contributed by atoms with van der Waals surface area (Å²) >= 11 is 0. The molecular weight excluding hydrogens is 242 g/mol. The molecule has 0 saturated heterocycles. The summed E-state index contributed by atoms with van der Waals surface area (Å²) in [5.74, 6) is 0.517. The lowest BCUT2D eigenvalue weighted by atomic mass is 10.0. The van der Waals surface area contributed by atoms with Crippen LogP contribution in [0.3, 0.4) is 0 Å². The van der Waals surface area contributed by atoms with E-state index < -0.39 is 0 Å². The van der Waals surface area contributed by atoms with Crippen molar-refractivity contribution in [2.45, 2.75) is 33.6 Å². The lowest BCUT2D eigenvalue weighted by Gasteiger charge is -2.13. The van der Waals surface area contributed by atoms with Crippen molar-refractivity contribution < 1.29 is 14.3 Å². The van der Waals surface area contributed by atoms with Crippen molar-refractivity contribution in [2.75, 3.05) is 13.7 Å². The van der Waals surface area contributed by atoms with Gasteiger partial charge in [0, 0.05) is 6.54 Å². The van der Waals surface area contributed by atoms with Crippen molar-refractivity contribution in [2.24, 2.45) is 0 Å². The third-order valence-corrected chi connectivity index (χ3v) is 2.83. The Kier molecular flexibility index (Phi) is 5.55. The first-order chi connectivity index (χ1) is 8.93. The van der Waals surface area contributed by atoms with Gasteiger partial charge in [-0.15, -0.1) is 0 Å². The zero-order valence-electron chi connectivity index (χ0n) is 12.0. The van der Waals surface area contributed by atoms with Gasteiger partial charge in [-0.25, -0.2) is 0 Å². The summed E-state index contributed by atoms with van der Waals surface area (Å²) in [4.78, 5) is 22.2. The highest BCUT2D eigenvalue weighted by Crippen LogP contribution is 2.25. The summed E-state index contributed by atoms with van der Waals surface area (Å²) in [6.45, 7) is 5.95. The number of hydrogen-bond acceptors (Lipinski definition) is 3. The van der Waals surface area contributed by atoms with Gasteiger partial charge in [0.25, 0.3) is 0 Å². The van der Waals surface area contributed by atoms with Crippen LogP contribution in [0.25, 0.3) is 0 Å². The third-order valence-electron chi connectivity index (χ3n) is 2.83. The molecule has 1 aromatic rings. The lowest BCUT2D eigenvalue weighted by molar-refractivity contribution is -0.127. The molecule has 1 amide bonds. The average molecular weight is 263 g/mol. The van der Waals surface area contributed by atoms with Crippen molar-refractivity contribution in [3.8, 4) is 5.75 Å². The van der Waals surface area contributed by atoms with E-state index in [1.165, 1.54) is 12.5 Å². The lowest BCUT2D eigenvalue weighted by Crippen LogP contribution is -2.27. The molecule has 104 valence electrons. The maximum absolute atomic E-state index is 11.4. The molecule has 0 aliphatic rings. The zero-order chi connectivity index (χ0) is 14.4. The van der Waals surface area contributed by atoms with Gasteiger partial charge in [-0.2, -0.15) is 0 Å². The molecule has 19 heavy (non-hydrogen) atoms. The molecule has 0 bridgehead atoms. The van der Waals surface area contributed by atoms with Crippen LogP contribution in [0.5, 0.6) is 5.75 Å². The Morgan fingerprint density at radius 3 is 2.53 bits per heavy atom. The second-order valence-corrected chi connectivity index (χ2v) is 4.75. The average Bonchev–Trinajstić information content (AvgIpc) is 2.27. The summed E-state index contributed by atoms with van der Waals surface area (Å²) in [6.07, 6.45) is 0.638. The Labute approximate surface area is 114 Å². The molecule has 1 rings (SSSR count). The van der Waals surface area contributed by atoms with Gasteiger partial charge >= 0.3 is 0 Å². The summed E-state index contributed by atoms with van der Waals surface area (Å²) < 4.78 is 5.39. The van der Waals surface area contributed by atoms with Gasteiger partial charge in [0.1, 0.15) is 11.5 Å². The minimum absolute atomic E-state index is 0.0516. The second-order valence-electron chi connectivity index (χ2n) is 4.75. The van der Waals surface area contributed by atoms with Crippen LogP contribution in [-0.2, 0) is 16.0 Å². The van der Waals surface area contributed by atoms with Crippen molar-refractivity contribution >= 4 is 11.7 Å². The molecule has 0 aliphatic carbocycles.